The Morgan fingerprint density at radius 2 is 1.74 bits per heavy atom. The highest BCUT2D eigenvalue weighted by Crippen LogP contribution is 2.22. The van der Waals surface area contributed by atoms with E-state index in [9.17, 15) is 21.6 Å². The molecule has 0 spiro atoms. The molecule has 1 rings (SSSR count). The summed E-state index contributed by atoms with van der Waals surface area (Å²) in [6, 6.07) is 6.30. The third-order valence-electron chi connectivity index (χ3n) is 2.25. The van der Waals surface area contributed by atoms with Crippen molar-refractivity contribution >= 4 is 27.3 Å². The maximum atomic E-state index is 11.9. The summed E-state index contributed by atoms with van der Waals surface area (Å²) in [6.07, 6.45) is -5.91. The molecule has 8 heteroatoms. The molecule has 0 fully saturated rings. The lowest BCUT2D eigenvalue weighted by atomic mass is 10.2. The zero-order chi connectivity index (χ0) is 14.5. The molecule has 1 N–H and O–H groups in total. The Morgan fingerprint density at radius 1 is 1.16 bits per heavy atom. The van der Waals surface area contributed by atoms with Gasteiger partial charge < -0.3 is 0 Å². The first-order valence-electron chi connectivity index (χ1n) is 5.44. The van der Waals surface area contributed by atoms with Gasteiger partial charge in [-0.15, -0.1) is 11.6 Å². The molecule has 108 valence electrons. The average Bonchev–Trinajstić information content (AvgIpc) is 2.27. The summed E-state index contributed by atoms with van der Waals surface area (Å²) < 4.78 is 61.0. The summed E-state index contributed by atoms with van der Waals surface area (Å²) in [5.74, 6) is -0.262. The number of anilines is 1. The van der Waals surface area contributed by atoms with Crippen molar-refractivity contribution in [1.82, 2.24) is 0 Å². The fourth-order valence-electron chi connectivity index (χ4n) is 1.36. The molecule has 0 saturated heterocycles. The number of alkyl halides is 4. The molecule has 3 nitrogen and oxygen atoms in total. The molecule has 1 aromatic carbocycles. The van der Waals surface area contributed by atoms with E-state index in [2.05, 4.69) is 4.72 Å². The number of hydrogen-bond acceptors (Lipinski definition) is 2. The van der Waals surface area contributed by atoms with Crippen LogP contribution in [0.4, 0.5) is 18.9 Å². The molecule has 0 unspecified atom stereocenters. The van der Waals surface area contributed by atoms with Crippen molar-refractivity contribution in [1.29, 1.82) is 0 Å². The van der Waals surface area contributed by atoms with E-state index >= 15 is 0 Å². The summed E-state index contributed by atoms with van der Waals surface area (Å²) in [5, 5.41) is 0. The fraction of sp³-hybridized carbons (Fsp3) is 0.455. The number of nitrogens with one attached hydrogen (secondary N) is 1. The molecule has 0 heterocycles. The van der Waals surface area contributed by atoms with Crippen LogP contribution < -0.4 is 4.72 Å². The smallest absolute Gasteiger partial charge is 0.284 e. The number of rotatable bonds is 6. The van der Waals surface area contributed by atoms with Crippen LogP contribution in [0.25, 0.3) is 0 Å². The molecule has 0 atom stereocenters. The fourth-order valence-corrected chi connectivity index (χ4v) is 2.65. The maximum absolute atomic E-state index is 11.9. The average molecular weight is 316 g/mol. The van der Waals surface area contributed by atoms with Gasteiger partial charge in [0.2, 0.25) is 10.0 Å². The number of halogens is 4. The maximum Gasteiger partial charge on any atom is 0.389 e. The van der Waals surface area contributed by atoms with Crippen LogP contribution in [0.2, 0.25) is 0 Å². The molecular weight excluding hydrogens is 303 g/mol. The number of benzene rings is 1. The molecule has 0 aliphatic rings. The van der Waals surface area contributed by atoms with E-state index in [1.54, 1.807) is 12.1 Å². The lowest BCUT2D eigenvalue weighted by Gasteiger charge is -2.09. The van der Waals surface area contributed by atoms with E-state index < -0.39 is 34.8 Å². The molecule has 19 heavy (non-hydrogen) atoms. The topological polar surface area (TPSA) is 46.2 Å². The predicted molar refractivity (Wildman–Crippen MR) is 68.7 cm³/mol. The van der Waals surface area contributed by atoms with Crippen LogP contribution in [0.15, 0.2) is 24.3 Å². The van der Waals surface area contributed by atoms with Crippen LogP contribution in [0.1, 0.15) is 18.4 Å². The Kier molecular flexibility index (Phi) is 5.49. The van der Waals surface area contributed by atoms with E-state index in [4.69, 9.17) is 11.6 Å². The van der Waals surface area contributed by atoms with Gasteiger partial charge in [0.05, 0.1) is 5.75 Å². The minimum absolute atomic E-state index is 0.304. The monoisotopic (exact) mass is 315 g/mol. The summed E-state index contributed by atoms with van der Waals surface area (Å²) in [4.78, 5) is 0. The van der Waals surface area contributed by atoms with E-state index in [0.717, 1.165) is 5.56 Å². The van der Waals surface area contributed by atoms with Crippen LogP contribution in [0.3, 0.4) is 0 Å². The summed E-state index contributed by atoms with van der Waals surface area (Å²) >= 11 is 5.58. The van der Waals surface area contributed by atoms with Gasteiger partial charge in [-0.2, -0.15) is 13.2 Å². The van der Waals surface area contributed by atoms with Gasteiger partial charge in [0.15, 0.2) is 0 Å². The highest BCUT2D eigenvalue weighted by Gasteiger charge is 2.27. The molecule has 0 bridgehead atoms. The number of hydrogen-bond donors (Lipinski definition) is 1. The lowest BCUT2D eigenvalue weighted by molar-refractivity contribution is -0.134. The minimum atomic E-state index is -4.34. The normalized spacial score (nSPS) is 12.4. The van der Waals surface area contributed by atoms with Gasteiger partial charge in [-0.05, 0) is 24.1 Å². The first-order valence-corrected chi connectivity index (χ1v) is 7.63. The number of sulfonamides is 1. The van der Waals surface area contributed by atoms with Gasteiger partial charge in [-0.1, -0.05) is 12.1 Å². The van der Waals surface area contributed by atoms with Gasteiger partial charge in [0.1, 0.15) is 0 Å². The molecule has 0 radical (unpaired) electrons. The second kappa shape index (κ2) is 6.47. The Hall–Kier alpha value is -0.950. The van der Waals surface area contributed by atoms with Crippen molar-refractivity contribution in [3.63, 3.8) is 0 Å². The van der Waals surface area contributed by atoms with Crippen LogP contribution in [0, 0.1) is 0 Å². The Labute approximate surface area is 114 Å². The zero-order valence-electron chi connectivity index (χ0n) is 9.87. The standard InChI is InChI=1S/C11H13ClF3NO2S/c12-8-9-2-4-10(5-3-9)16-19(17,18)7-1-6-11(13,14)15/h2-5,16H,1,6-8H2. The third-order valence-corrected chi connectivity index (χ3v) is 3.94. The first-order chi connectivity index (χ1) is 8.72. The summed E-state index contributed by atoms with van der Waals surface area (Å²) in [6.45, 7) is 0. The van der Waals surface area contributed by atoms with Crippen LogP contribution in [0.5, 0.6) is 0 Å². The van der Waals surface area contributed by atoms with Gasteiger partial charge in [-0.25, -0.2) is 8.42 Å². The first kappa shape index (κ1) is 16.1. The van der Waals surface area contributed by atoms with Crippen molar-refractivity contribution in [3.8, 4) is 0 Å². The third kappa shape index (κ3) is 6.68. The van der Waals surface area contributed by atoms with E-state index in [0.29, 0.717) is 11.6 Å². The largest absolute Gasteiger partial charge is 0.389 e. The van der Waals surface area contributed by atoms with Crippen LogP contribution >= 0.6 is 11.6 Å². The van der Waals surface area contributed by atoms with Crippen molar-refractivity contribution in [2.24, 2.45) is 0 Å². The minimum Gasteiger partial charge on any atom is -0.284 e. The van der Waals surface area contributed by atoms with Crippen molar-refractivity contribution in [2.75, 3.05) is 10.5 Å². The molecule has 0 amide bonds. The lowest BCUT2D eigenvalue weighted by Crippen LogP contribution is -2.18. The second-order valence-electron chi connectivity index (χ2n) is 3.97. The second-order valence-corrected chi connectivity index (χ2v) is 6.08. The molecule has 0 saturated carbocycles. The van der Waals surface area contributed by atoms with Crippen molar-refractivity contribution in [2.45, 2.75) is 24.9 Å². The van der Waals surface area contributed by atoms with Crippen molar-refractivity contribution in [3.05, 3.63) is 29.8 Å². The van der Waals surface area contributed by atoms with Gasteiger partial charge in [0, 0.05) is 18.0 Å². The molecule has 1 aromatic rings. The summed E-state index contributed by atoms with van der Waals surface area (Å²) in [7, 11) is -3.76. The predicted octanol–water partition coefficient (Wildman–Crippen LogP) is 3.51. The highest BCUT2D eigenvalue weighted by molar-refractivity contribution is 7.92. The summed E-state index contributed by atoms with van der Waals surface area (Å²) in [5.41, 5.74) is 1.13. The van der Waals surface area contributed by atoms with Gasteiger partial charge in [-0.3, -0.25) is 4.72 Å². The SMILES string of the molecule is O=S(=O)(CCCC(F)(F)F)Nc1ccc(CCl)cc1. The van der Waals surface area contributed by atoms with Gasteiger partial charge >= 0.3 is 6.18 Å². The molecule has 0 aliphatic heterocycles. The highest BCUT2D eigenvalue weighted by atomic mass is 35.5. The van der Waals surface area contributed by atoms with Crippen molar-refractivity contribution < 1.29 is 21.6 Å². The van der Waals surface area contributed by atoms with Gasteiger partial charge in [0.25, 0.3) is 0 Å². The van der Waals surface area contributed by atoms with Crippen LogP contribution in [-0.4, -0.2) is 20.3 Å². The Balaban J connectivity index is 2.54. The van der Waals surface area contributed by atoms with Crippen LogP contribution in [-0.2, 0) is 15.9 Å². The molecule has 0 aromatic heterocycles. The Morgan fingerprint density at radius 3 is 2.21 bits per heavy atom. The quantitative estimate of drug-likeness (QED) is 0.817. The molecular formula is C11H13ClF3NO2S. The van der Waals surface area contributed by atoms with E-state index in [-0.39, 0.29) is 0 Å². The zero-order valence-corrected chi connectivity index (χ0v) is 11.4. The van der Waals surface area contributed by atoms with E-state index in [1.807, 2.05) is 0 Å². The van der Waals surface area contributed by atoms with E-state index in [1.165, 1.54) is 12.1 Å². The Bertz CT molecular complexity index is 500. The molecule has 0 aliphatic carbocycles.